The van der Waals surface area contributed by atoms with Crippen molar-refractivity contribution in [3.05, 3.63) is 35.9 Å². The summed E-state index contributed by atoms with van der Waals surface area (Å²) in [5.41, 5.74) is 1.16. The molecular formula is C15H21NOS2. The van der Waals surface area contributed by atoms with E-state index >= 15 is 0 Å². The molecule has 1 atom stereocenters. The van der Waals surface area contributed by atoms with E-state index in [4.69, 9.17) is 0 Å². The minimum Gasteiger partial charge on any atom is -0.355 e. The molecule has 1 N–H and O–H groups in total. The Kier molecular flexibility index (Phi) is 6.11. The highest BCUT2D eigenvalue weighted by molar-refractivity contribution is 7.99. The summed E-state index contributed by atoms with van der Waals surface area (Å²) in [6.45, 7) is 0.811. The van der Waals surface area contributed by atoms with Crippen LogP contribution in [0.5, 0.6) is 0 Å². The van der Waals surface area contributed by atoms with Crippen molar-refractivity contribution in [3.63, 3.8) is 0 Å². The fourth-order valence-corrected chi connectivity index (χ4v) is 3.75. The van der Waals surface area contributed by atoms with E-state index in [-0.39, 0.29) is 11.2 Å². The molecule has 1 aliphatic rings. The van der Waals surface area contributed by atoms with Gasteiger partial charge in [0.15, 0.2) is 0 Å². The Bertz CT molecular complexity index is 390. The first-order valence-electron chi connectivity index (χ1n) is 6.83. The molecule has 2 rings (SSSR count). The molecule has 1 fully saturated rings. The fourth-order valence-electron chi connectivity index (χ4n) is 2.24. The summed E-state index contributed by atoms with van der Waals surface area (Å²) < 4.78 is 0. The van der Waals surface area contributed by atoms with Crippen molar-refractivity contribution >= 4 is 30.3 Å². The Balaban J connectivity index is 1.73. The van der Waals surface area contributed by atoms with Crippen molar-refractivity contribution in [2.45, 2.75) is 24.5 Å². The lowest BCUT2D eigenvalue weighted by molar-refractivity contribution is -0.120. The topological polar surface area (TPSA) is 29.1 Å². The minimum atomic E-state index is -0.250. The summed E-state index contributed by atoms with van der Waals surface area (Å²) in [4.78, 5) is 12.0. The lowest BCUT2D eigenvalue weighted by atomic mass is 10.0. The highest BCUT2D eigenvalue weighted by Crippen LogP contribution is 2.22. The smallest absolute Gasteiger partial charge is 0.233 e. The summed E-state index contributed by atoms with van der Waals surface area (Å²) in [6, 6.07) is 10.0. The first-order chi connectivity index (χ1) is 9.25. The number of thiol groups is 1. The van der Waals surface area contributed by atoms with Gasteiger partial charge in [0, 0.05) is 6.54 Å². The second-order valence-corrected chi connectivity index (χ2v) is 6.85. The van der Waals surface area contributed by atoms with E-state index in [9.17, 15) is 4.79 Å². The van der Waals surface area contributed by atoms with E-state index in [1.807, 2.05) is 42.1 Å². The Morgan fingerprint density at radius 1 is 1.32 bits per heavy atom. The Labute approximate surface area is 125 Å². The van der Waals surface area contributed by atoms with Crippen molar-refractivity contribution in [1.29, 1.82) is 0 Å². The van der Waals surface area contributed by atoms with Gasteiger partial charge in [0.2, 0.25) is 5.91 Å². The van der Waals surface area contributed by atoms with Gasteiger partial charge < -0.3 is 5.32 Å². The molecule has 0 aromatic heterocycles. The molecular weight excluding hydrogens is 274 g/mol. The van der Waals surface area contributed by atoms with Gasteiger partial charge in [0.05, 0.1) is 5.25 Å². The van der Waals surface area contributed by atoms with Crippen LogP contribution in [-0.2, 0) is 11.2 Å². The Morgan fingerprint density at radius 2 is 2.00 bits per heavy atom. The van der Waals surface area contributed by atoms with Crippen LogP contribution in [0.25, 0.3) is 0 Å². The van der Waals surface area contributed by atoms with Gasteiger partial charge in [-0.05, 0) is 42.2 Å². The third-order valence-electron chi connectivity index (χ3n) is 3.48. The van der Waals surface area contributed by atoms with Crippen molar-refractivity contribution < 1.29 is 4.79 Å². The lowest BCUT2D eigenvalue weighted by Gasteiger charge is -2.22. The van der Waals surface area contributed by atoms with E-state index in [1.165, 1.54) is 24.3 Å². The third-order valence-corrected chi connectivity index (χ3v) is 4.95. The molecule has 0 spiro atoms. The zero-order valence-corrected chi connectivity index (χ0v) is 12.8. The molecule has 2 nitrogen and oxygen atoms in total. The van der Waals surface area contributed by atoms with Crippen LogP contribution >= 0.6 is 24.4 Å². The van der Waals surface area contributed by atoms with Gasteiger partial charge in [-0.15, -0.1) is 0 Å². The number of carbonyl (C=O) groups is 1. The number of hydrogen-bond donors (Lipinski definition) is 2. The number of nitrogens with one attached hydrogen (secondary N) is 1. The minimum absolute atomic E-state index is 0.0606. The zero-order chi connectivity index (χ0) is 13.5. The molecule has 4 heteroatoms. The Morgan fingerprint density at radius 3 is 2.68 bits per heavy atom. The van der Waals surface area contributed by atoms with Gasteiger partial charge in [0.25, 0.3) is 0 Å². The molecule has 104 valence electrons. The van der Waals surface area contributed by atoms with Crippen molar-refractivity contribution in [1.82, 2.24) is 5.32 Å². The van der Waals surface area contributed by atoms with E-state index in [2.05, 4.69) is 17.9 Å². The molecule has 1 saturated heterocycles. The average molecular weight is 295 g/mol. The molecule has 1 amide bonds. The SMILES string of the molecule is O=C(NCC1CCSCC1)C(S)Cc1ccccc1. The van der Waals surface area contributed by atoms with Gasteiger partial charge in [-0.3, -0.25) is 4.79 Å². The monoisotopic (exact) mass is 295 g/mol. The largest absolute Gasteiger partial charge is 0.355 e. The molecule has 19 heavy (non-hydrogen) atoms. The van der Waals surface area contributed by atoms with Crippen LogP contribution in [-0.4, -0.2) is 29.2 Å². The maximum absolute atomic E-state index is 12.0. The Hall–Kier alpha value is -0.610. The number of amides is 1. The van der Waals surface area contributed by atoms with Gasteiger partial charge in [-0.25, -0.2) is 0 Å². The molecule has 1 unspecified atom stereocenters. The molecule has 1 aromatic rings. The van der Waals surface area contributed by atoms with Gasteiger partial charge in [0.1, 0.15) is 0 Å². The predicted octanol–water partition coefficient (Wildman–Crippen LogP) is 2.79. The quantitative estimate of drug-likeness (QED) is 0.818. The summed E-state index contributed by atoms with van der Waals surface area (Å²) in [5, 5.41) is 2.80. The molecule has 1 aromatic carbocycles. The highest BCUT2D eigenvalue weighted by Gasteiger charge is 2.18. The molecule has 0 radical (unpaired) electrons. The van der Waals surface area contributed by atoms with Gasteiger partial charge in [-0.2, -0.15) is 24.4 Å². The van der Waals surface area contributed by atoms with Gasteiger partial charge >= 0.3 is 0 Å². The highest BCUT2D eigenvalue weighted by atomic mass is 32.2. The van der Waals surface area contributed by atoms with E-state index in [0.29, 0.717) is 12.3 Å². The molecule has 0 bridgehead atoms. The van der Waals surface area contributed by atoms with Crippen molar-refractivity contribution in [2.24, 2.45) is 5.92 Å². The zero-order valence-electron chi connectivity index (χ0n) is 11.0. The number of benzene rings is 1. The second-order valence-electron chi connectivity index (χ2n) is 5.01. The normalized spacial score (nSPS) is 17.9. The summed E-state index contributed by atoms with van der Waals surface area (Å²) in [5.74, 6) is 3.18. The standard InChI is InChI=1S/C15H21NOS2/c17-15(16-11-13-6-8-19-9-7-13)14(18)10-12-4-2-1-3-5-12/h1-5,13-14,18H,6-11H2,(H,16,17). The van der Waals surface area contributed by atoms with Crippen LogP contribution in [0.2, 0.25) is 0 Å². The molecule has 0 aliphatic carbocycles. The molecule has 1 aliphatic heterocycles. The van der Waals surface area contributed by atoms with E-state index < -0.39 is 0 Å². The second kappa shape index (κ2) is 7.85. The van der Waals surface area contributed by atoms with Crippen LogP contribution in [0.15, 0.2) is 30.3 Å². The van der Waals surface area contributed by atoms with Crippen LogP contribution < -0.4 is 5.32 Å². The van der Waals surface area contributed by atoms with Crippen LogP contribution in [0.3, 0.4) is 0 Å². The maximum atomic E-state index is 12.0. The average Bonchev–Trinajstić information content (AvgIpc) is 2.47. The van der Waals surface area contributed by atoms with E-state index in [0.717, 1.165) is 12.1 Å². The predicted molar refractivity (Wildman–Crippen MR) is 86.0 cm³/mol. The third kappa shape index (κ3) is 5.11. The van der Waals surface area contributed by atoms with E-state index in [1.54, 1.807) is 0 Å². The summed E-state index contributed by atoms with van der Waals surface area (Å²) in [6.07, 6.45) is 3.14. The van der Waals surface area contributed by atoms with Crippen LogP contribution in [0.4, 0.5) is 0 Å². The fraction of sp³-hybridized carbons (Fsp3) is 0.533. The first kappa shape index (κ1) is 14.8. The number of thioether (sulfide) groups is 1. The van der Waals surface area contributed by atoms with Crippen LogP contribution in [0, 0.1) is 5.92 Å². The number of hydrogen-bond acceptors (Lipinski definition) is 3. The lowest BCUT2D eigenvalue weighted by Crippen LogP contribution is -2.36. The number of rotatable bonds is 5. The van der Waals surface area contributed by atoms with Crippen LogP contribution in [0.1, 0.15) is 18.4 Å². The molecule has 1 heterocycles. The first-order valence-corrected chi connectivity index (χ1v) is 8.50. The maximum Gasteiger partial charge on any atom is 0.233 e. The van der Waals surface area contributed by atoms with Crippen molar-refractivity contribution in [3.8, 4) is 0 Å². The molecule has 0 saturated carbocycles. The summed E-state index contributed by atoms with van der Waals surface area (Å²) in [7, 11) is 0. The van der Waals surface area contributed by atoms with Gasteiger partial charge in [-0.1, -0.05) is 30.3 Å². The van der Waals surface area contributed by atoms with Crippen molar-refractivity contribution in [2.75, 3.05) is 18.1 Å². The number of carbonyl (C=O) groups excluding carboxylic acids is 1. The summed E-state index contributed by atoms with van der Waals surface area (Å²) >= 11 is 6.43.